The second-order valence-electron chi connectivity index (χ2n) is 5.76. The standard InChI is InChI=1S/C19H18ClFN2O4/c1-11(22-18(25)13-6-4-3-5-7-13)19(26)27-12(2)17(24)23-14-8-9-16(21)15(20)10-14/h3-12H,1-2H3,(H,22,25)(H,23,24)/t11-,12-/m0/s1. The number of halogens is 2. The van der Waals surface area contributed by atoms with E-state index in [-0.39, 0.29) is 10.7 Å². The van der Waals surface area contributed by atoms with Crippen molar-refractivity contribution in [3.05, 3.63) is 64.9 Å². The van der Waals surface area contributed by atoms with Gasteiger partial charge >= 0.3 is 5.97 Å². The highest BCUT2D eigenvalue weighted by Crippen LogP contribution is 2.19. The Morgan fingerprint density at radius 2 is 1.74 bits per heavy atom. The van der Waals surface area contributed by atoms with Crippen molar-refractivity contribution in [2.24, 2.45) is 0 Å². The molecule has 2 rings (SSSR count). The third kappa shape index (κ3) is 5.79. The number of hydrogen-bond donors (Lipinski definition) is 2. The maximum absolute atomic E-state index is 13.1. The molecule has 0 saturated carbocycles. The number of benzene rings is 2. The van der Waals surface area contributed by atoms with E-state index in [2.05, 4.69) is 10.6 Å². The number of ether oxygens (including phenoxy) is 1. The molecule has 8 heteroatoms. The van der Waals surface area contributed by atoms with Crippen LogP contribution in [0, 0.1) is 5.82 Å². The fraction of sp³-hybridized carbons (Fsp3) is 0.211. The topological polar surface area (TPSA) is 84.5 Å². The van der Waals surface area contributed by atoms with Crippen molar-refractivity contribution in [3.63, 3.8) is 0 Å². The minimum absolute atomic E-state index is 0.144. The molecule has 0 unspecified atom stereocenters. The van der Waals surface area contributed by atoms with E-state index in [1.807, 2.05) is 0 Å². The summed E-state index contributed by atoms with van der Waals surface area (Å²) < 4.78 is 18.2. The molecule has 0 aromatic heterocycles. The van der Waals surface area contributed by atoms with E-state index < -0.39 is 35.7 Å². The first-order chi connectivity index (χ1) is 12.8. The van der Waals surface area contributed by atoms with E-state index in [0.29, 0.717) is 5.56 Å². The van der Waals surface area contributed by atoms with E-state index in [1.165, 1.54) is 26.0 Å². The molecule has 2 aromatic rings. The molecule has 2 N–H and O–H groups in total. The predicted molar refractivity (Wildman–Crippen MR) is 99.0 cm³/mol. The highest BCUT2D eigenvalue weighted by atomic mass is 35.5. The monoisotopic (exact) mass is 392 g/mol. The molecule has 27 heavy (non-hydrogen) atoms. The first-order valence-corrected chi connectivity index (χ1v) is 8.48. The molecule has 142 valence electrons. The molecule has 2 aromatic carbocycles. The number of amides is 2. The highest BCUT2D eigenvalue weighted by molar-refractivity contribution is 6.31. The summed E-state index contributed by atoms with van der Waals surface area (Å²) >= 11 is 5.65. The summed E-state index contributed by atoms with van der Waals surface area (Å²) in [5, 5.41) is 4.82. The molecule has 0 heterocycles. The Bertz CT molecular complexity index is 845. The number of hydrogen-bond acceptors (Lipinski definition) is 4. The highest BCUT2D eigenvalue weighted by Gasteiger charge is 2.23. The van der Waals surface area contributed by atoms with Crippen LogP contribution in [0.1, 0.15) is 24.2 Å². The van der Waals surface area contributed by atoms with Crippen molar-refractivity contribution in [1.82, 2.24) is 5.32 Å². The molecular weight excluding hydrogens is 375 g/mol. The van der Waals surface area contributed by atoms with Crippen LogP contribution in [0.15, 0.2) is 48.5 Å². The van der Waals surface area contributed by atoms with Gasteiger partial charge in [-0.3, -0.25) is 9.59 Å². The number of anilines is 1. The minimum atomic E-state index is -1.13. The van der Waals surface area contributed by atoms with Crippen LogP contribution in [0.25, 0.3) is 0 Å². The lowest BCUT2D eigenvalue weighted by Crippen LogP contribution is -2.42. The van der Waals surface area contributed by atoms with Crippen molar-refractivity contribution in [2.75, 3.05) is 5.32 Å². The summed E-state index contributed by atoms with van der Waals surface area (Å²) in [6.07, 6.45) is -1.13. The fourth-order valence-corrected chi connectivity index (χ4v) is 2.26. The van der Waals surface area contributed by atoms with Crippen LogP contribution in [-0.4, -0.2) is 29.9 Å². The third-order valence-corrected chi connectivity index (χ3v) is 3.88. The zero-order valence-corrected chi connectivity index (χ0v) is 15.4. The van der Waals surface area contributed by atoms with E-state index in [1.54, 1.807) is 30.3 Å². The van der Waals surface area contributed by atoms with Gasteiger partial charge < -0.3 is 15.4 Å². The summed E-state index contributed by atoms with van der Waals surface area (Å²) in [4.78, 5) is 36.2. The molecule has 0 fully saturated rings. The lowest BCUT2D eigenvalue weighted by Gasteiger charge is -2.17. The summed E-state index contributed by atoms with van der Waals surface area (Å²) in [5.74, 6) is -2.43. The third-order valence-electron chi connectivity index (χ3n) is 3.59. The van der Waals surface area contributed by atoms with E-state index in [9.17, 15) is 18.8 Å². The lowest BCUT2D eigenvalue weighted by atomic mass is 10.2. The van der Waals surface area contributed by atoms with E-state index in [0.717, 1.165) is 6.07 Å². The molecule has 0 saturated heterocycles. The molecule has 0 bridgehead atoms. The van der Waals surface area contributed by atoms with Crippen molar-refractivity contribution in [2.45, 2.75) is 26.0 Å². The summed E-state index contributed by atoms with van der Waals surface area (Å²) in [5.41, 5.74) is 0.663. The second-order valence-corrected chi connectivity index (χ2v) is 6.17. The van der Waals surface area contributed by atoms with Gasteiger partial charge in [-0.25, -0.2) is 9.18 Å². The van der Waals surface area contributed by atoms with Crippen LogP contribution in [0.5, 0.6) is 0 Å². The number of carbonyl (C=O) groups is 3. The Kier molecular flexibility index (Phi) is 6.90. The molecule has 0 aliphatic heterocycles. The van der Waals surface area contributed by atoms with Crippen LogP contribution in [0.3, 0.4) is 0 Å². The average Bonchev–Trinajstić information content (AvgIpc) is 2.65. The molecule has 0 aliphatic carbocycles. The van der Waals surface area contributed by atoms with Crippen LogP contribution >= 0.6 is 11.6 Å². The van der Waals surface area contributed by atoms with E-state index >= 15 is 0 Å². The second kappa shape index (κ2) is 9.14. The van der Waals surface area contributed by atoms with E-state index in [4.69, 9.17) is 16.3 Å². The van der Waals surface area contributed by atoms with Crippen LogP contribution in [-0.2, 0) is 14.3 Å². The van der Waals surface area contributed by atoms with Crippen molar-refractivity contribution in [3.8, 4) is 0 Å². The first kappa shape index (κ1) is 20.4. The minimum Gasteiger partial charge on any atom is -0.451 e. The van der Waals surface area contributed by atoms with Crippen LogP contribution in [0.2, 0.25) is 5.02 Å². The smallest absolute Gasteiger partial charge is 0.329 e. The first-order valence-electron chi connectivity index (χ1n) is 8.10. The predicted octanol–water partition coefficient (Wildman–Crippen LogP) is 3.17. The average molecular weight is 393 g/mol. The molecule has 0 aliphatic rings. The van der Waals surface area contributed by atoms with Crippen molar-refractivity contribution < 1.29 is 23.5 Å². The molecule has 0 spiro atoms. The zero-order chi connectivity index (χ0) is 20.0. The van der Waals surface area contributed by atoms with Gasteiger partial charge in [0.05, 0.1) is 5.02 Å². The largest absolute Gasteiger partial charge is 0.451 e. The van der Waals surface area contributed by atoms with Gasteiger partial charge in [-0.2, -0.15) is 0 Å². The van der Waals surface area contributed by atoms with Crippen molar-refractivity contribution in [1.29, 1.82) is 0 Å². The number of carbonyl (C=O) groups excluding carboxylic acids is 3. The molecule has 2 amide bonds. The van der Waals surface area contributed by atoms with Gasteiger partial charge in [-0.05, 0) is 44.2 Å². The van der Waals surface area contributed by atoms with Crippen LogP contribution in [0.4, 0.5) is 10.1 Å². The van der Waals surface area contributed by atoms with Crippen molar-refractivity contribution >= 4 is 35.1 Å². The van der Waals surface area contributed by atoms with Gasteiger partial charge in [0.1, 0.15) is 11.9 Å². The Morgan fingerprint density at radius 1 is 1.07 bits per heavy atom. The molecule has 2 atom stereocenters. The van der Waals surface area contributed by atoms with Gasteiger partial charge in [0.15, 0.2) is 6.10 Å². The van der Waals surface area contributed by atoms with Gasteiger partial charge in [-0.1, -0.05) is 29.8 Å². The summed E-state index contributed by atoms with van der Waals surface area (Å²) in [6.45, 7) is 2.83. The molecule has 0 radical (unpaired) electrons. The quantitative estimate of drug-likeness (QED) is 0.739. The zero-order valence-electron chi connectivity index (χ0n) is 14.7. The maximum Gasteiger partial charge on any atom is 0.329 e. The summed E-state index contributed by atoms with van der Waals surface area (Å²) in [7, 11) is 0. The summed E-state index contributed by atoms with van der Waals surface area (Å²) in [6, 6.07) is 11.1. The molecular formula is C19H18ClFN2O4. The fourth-order valence-electron chi connectivity index (χ4n) is 2.08. The van der Waals surface area contributed by atoms with Gasteiger partial charge in [-0.15, -0.1) is 0 Å². The Labute approximate surface area is 160 Å². The van der Waals surface area contributed by atoms with Gasteiger partial charge in [0, 0.05) is 11.3 Å². The normalized spacial score (nSPS) is 12.6. The Hall–Kier alpha value is -2.93. The maximum atomic E-state index is 13.1. The number of rotatable bonds is 6. The lowest BCUT2D eigenvalue weighted by molar-refractivity contribution is -0.154. The SMILES string of the molecule is C[C@H](NC(=O)c1ccccc1)C(=O)O[C@@H](C)C(=O)Nc1ccc(F)c(Cl)c1. The number of nitrogens with one attached hydrogen (secondary N) is 2. The molecule has 6 nitrogen and oxygen atoms in total. The van der Waals surface area contributed by atoms with Crippen LogP contribution < -0.4 is 10.6 Å². The van der Waals surface area contributed by atoms with Gasteiger partial charge in [0.25, 0.3) is 11.8 Å². The Morgan fingerprint density at radius 3 is 2.37 bits per heavy atom. The van der Waals surface area contributed by atoms with Gasteiger partial charge in [0.2, 0.25) is 0 Å². The Balaban J connectivity index is 1.88. The number of esters is 1.